The third-order valence-corrected chi connectivity index (χ3v) is 5.77. The lowest BCUT2D eigenvalue weighted by Gasteiger charge is -2.23. The standard InChI is InChI=1S/C21H22BrN3O5/c22-20-9-16(30-24-20)5-6-19(27)18-8-15(26)11-25(18)21(28)29-12-13-7-14-3-1-2-4-17(14)23-10-13/h1-4,7,10,15-16,18,26H,5-6,8-9,11-12H2/t15-,16+,18-/m0/s1. The van der Waals surface area contributed by atoms with Crippen molar-refractivity contribution in [1.29, 1.82) is 0 Å². The van der Waals surface area contributed by atoms with Crippen LogP contribution in [0.2, 0.25) is 0 Å². The van der Waals surface area contributed by atoms with Crippen LogP contribution in [-0.4, -0.2) is 56.3 Å². The molecule has 1 aromatic carbocycles. The van der Waals surface area contributed by atoms with Gasteiger partial charge >= 0.3 is 6.09 Å². The van der Waals surface area contributed by atoms with E-state index >= 15 is 0 Å². The van der Waals surface area contributed by atoms with Gasteiger partial charge in [-0.2, -0.15) is 0 Å². The highest BCUT2D eigenvalue weighted by Crippen LogP contribution is 2.24. The van der Waals surface area contributed by atoms with Crippen LogP contribution in [0.4, 0.5) is 4.79 Å². The van der Waals surface area contributed by atoms with E-state index in [1.54, 1.807) is 6.20 Å². The number of benzene rings is 1. The van der Waals surface area contributed by atoms with Crippen LogP contribution in [0.15, 0.2) is 41.7 Å². The van der Waals surface area contributed by atoms with Crippen LogP contribution in [0.3, 0.4) is 0 Å². The lowest BCUT2D eigenvalue weighted by atomic mass is 10.0. The van der Waals surface area contributed by atoms with Gasteiger partial charge in [0.05, 0.1) is 24.2 Å². The molecule has 2 aliphatic heterocycles. The number of carbonyl (C=O) groups is 2. The summed E-state index contributed by atoms with van der Waals surface area (Å²) in [6.07, 6.45) is 1.78. The number of amides is 1. The van der Waals surface area contributed by atoms with E-state index in [1.807, 2.05) is 30.3 Å². The highest BCUT2D eigenvalue weighted by atomic mass is 79.9. The summed E-state index contributed by atoms with van der Waals surface area (Å²) < 4.78 is 6.14. The fourth-order valence-electron chi connectivity index (χ4n) is 3.76. The summed E-state index contributed by atoms with van der Waals surface area (Å²) in [7, 11) is 0. The largest absolute Gasteiger partial charge is 0.444 e. The van der Waals surface area contributed by atoms with Crippen molar-refractivity contribution in [2.24, 2.45) is 5.16 Å². The van der Waals surface area contributed by atoms with Crippen molar-refractivity contribution in [3.8, 4) is 0 Å². The van der Waals surface area contributed by atoms with Crippen LogP contribution in [0, 0.1) is 0 Å². The van der Waals surface area contributed by atoms with Gasteiger partial charge < -0.3 is 14.7 Å². The Morgan fingerprint density at radius 2 is 2.17 bits per heavy atom. The molecular weight excluding hydrogens is 454 g/mol. The number of pyridine rings is 1. The quantitative estimate of drug-likeness (QED) is 0.688. The number of fused-ring (bicyclic) bond motifs is 1. The number of halogens is 1. The molecule has 1 fully saturated rings. The molecule has 1 aromatic heterocycles. The molecule has 1 saturated heterocycles. The molecule has 0 spiro atoms. The highest BCUT2D eigenvalue weighted by Gasteiger charge is 2.39. The van der Waals surface area contributed by atoms with Gasteiger partial charge in [0.1, 0.15) is 17.3 Å². The number of hydrogen-bond acceptors (Lipinski definition) is 7. The van der Waals surface area contributed by atoms with Crippen molar-refractivity contribution >= 4 is 43.3 Å². The molecule has 0 saturated carbocycles. The predicted octanol–water partition coefficient (Wildman–Crippen LogP) is 3.15. The molecule has 3 atom stereocenters. The van der Waals surface area contributed by atoms with Gasteiger partial charge in [0.25, 0.3) is 0 Å². The Bertz CT molecular complexity index is 982. The maximum Gasteiger partial charge on any atom is 0.410 e. The van der Waals surface area contributed by atoms with Gasteiger partial charge in [-0.05, 0) is 34.5 Å². The number of likely N-dealkylation sites (tertiary alicyclic amines) is 1. The van der Waals surface area contributed by atoms with Crippen molar-refractivity contribution in [1.82, 2.24) is 9.88 Å². The number of hydrogen-bond donors (Lipinski definition) is 1. The van der Waals surface area contributed by atoms with Gasteiger partial charge in [-0.15, -0.1) is 0 Å². The number of oxime groups is 1. The molecule has 1 N–H and O–H groups in total. The lowest BCUT2D eigenvalue weighted by molar-refractivity contribution is -0.123. The molecule has 4 rings (SSSR count). The van der Waals surface area contributed by atoms with Crippen LogP contribution >= 0.6 is 15.9 Å². The molecule has 0 bridgehead atoms. The Labute approximate surface area is 182 Å². The van der Waals surface area contributed by atoms with E-state index in [1.165, 1.54) is 4.90 Å². The summed E-state index contributed by atoms with van der Waals surface area (Å²) >= 11 is 3.27. The number of nitrogens with zero attached hydrogens (tertiary/aromatic N) is 3. The summed E-state index contributed by atoms with van der Waals surface area (Å²) in [6.45, 7) is 0.130. The Morgan fingerprint density at radius 1 is 1.33 bits per heavy atom. The third-order valence-electron chi connectivity index (χ3n) is 5.30. The second-order valence-electron chi connectivity index (χ2n) is 7.55. The zero-order valence-corrected chi connectivity index (χ0v) is 17.8. The molecule has 0 aliphatic carbocycles. The first-order valence-corrected chi connectivity index (χ1v) is 10.6. The number of aliphatic hydroxyl groups is 1. The van der Waals surface area contributed by atoms with E-state index in [0.717, 1.165) is 21.1 Å². The molecule has 158 valence electrons. The SMILES string of the molecule is O=C(CC[C@@H]1CC(Br)=NO1)[C@@H]1C[C@H](O)CN1C(=O)OCc1cnc2ccccc2c1. The summed E-state index contributed by atoms with van der Waals surface area (Å²) in [4.78, 5) is 36.2. The smallest absolute Gasteiger partial charge is 0.410 e. The van der Waals surface area contributed by atoms with Crippen LogP contribution in [0.5, 0.6) is 0 Å². The Balaban J connectivity index is 1.33. The molecule has 9 heteroatoms. The van der Waals surface area contributed by atoms with E-state index in [9.17, 15) is 14.7 Å². The van der Waals surface area contributed by atoms with Crippen LogP contribution < -0.4 is 0 Å². The van der Waals surface area contributed by atoms with E-state index in [-0.39, 0.29) is 37.9 Å². The van der Waals surface area contributed by atoms with E-state index in [2.05, 4.69) is 26.1 Å². The second kappa shape index (κ2) is 9.09. The van der Waals surface area contributed by atoms with E-state index in [0.29, 0.717) is 12.8 Å². The van der Waals surface area contributed by atoms with E-state index < -0.39 is 18.2 Å². The number of ether oxygens (including phenoxy) is 1. The highest BCUT2D eigenvalue weighted by molar-refractivity contribution is 9.18. The maximum atomic E-state index is 12.7. The first-order chi connectivity index (χ1) is 14.5. The molecule has 0 radical (unpaired) electrons. The van der Waals surface area contributed by atoms with Crippen molar-refractivity contribution in [3.05, 3.63) is 42.1 Å². The molecule has 2 aliphatic rings. The summed E-state index contributed by atoms with van der Waals surface area (Å²) in [6, 6.07) is 8.91. The maximum absolute atomic E-state index is 12.7. The zero-order valence-electron chi connectivity index (χ0n) is 16.2. The van der Waals surface area contributed by atoms with Crippen molar-refractivity contribution in [2.75, 3.05) is 6.54 Å². The number of para-hydroxylation sites is 1. The normalized spacial score (nSPS) is 23.3. The van der Waals surface area contributed by atoms with Crippen molar-refractivity contribution in [3.63, 3.8) is 0 Å². The number of Topliss-reactive ketones (excluding diaryl/α,β-unsaturated/α-hetero) is 1. The van der Waals surface area contributed by atoms with E-state index in [4.69, 9.17) is 9.57 Å². The fourth-order valence-corrected chi connectivity index (χ4v) is 4.21. The van der Waals surface area contributed by atoms with Crippen LogP contribution in [-0.2, 0) is 21.0 Å². The topological polar surface area (TPSA) is 101 Å². The zero-order chi connectivity index (χ0) is 21.1. The lowest BCUT2D eigenvalue weighted by Crippen LogP contribution is -2.41. The predicted molar refractivity (Wildman–Crippen MR) is 113 cm³/mol. The third kappa shape index (κ3) is 4.79. The second-order valence-corrected chi connectivity index (χ2v) is 8.47. The number of aliphatic hydroxyl groups excluding tert-OH is 1. The van der Waals surface area contributed by atoms with Gasteiger partial charge in [-0.3, -0.25) is 14.7 Å². The monoisotopic (exact) mass is 475 g/mol. The minimum Gasteiger partial charge on any atom is -0.444 e. The molecule has 30 heavy (non-hydrogen) atoms. The first-order valence-electron chi connectivity index (χ1n) is 9.85. The summed E-state index contributed by atoms with van der Waals surface area (Å²) in [5.74, 6) is -0.109. The molecule has 1 amide bonds. The number of β-amino-alcohol motifs (C(OH)–C–C–N with tert-alkyl or cyclic N) is 1. The number of aromatic nitrogens is 1. The molecule has 3 heterocycles. The van der Waals surface area contributed by atoms with Gasteiger partial charge in [0.2, 0.25) is 0 Å². The van der Waals surface area contributed by atoms with Crippen molar-refractivity contribution in [2.45, 2.75) is 50.5 Å². The summed E-state index contributed by atoms with van der Waals surface area (Å²) in [5, 5.41) is 14.8. The molecule has 0 unspecified atom stereocenters. The number of rotatable bonds is 6. The Morgan fingerprint density at radius 3 is 2.97 bits per heavy atom. The molecular formula is C21H22BrN3O5. The van der Waals surface area contributed by atoms with Gasteiger partial charge in [0, 0.05) is 36.4 Å². The van der Waals surface area contributed by atoms with Crippen LogP contribution in [0.1, 0.15) is 31.2 Å². The van der Waals surface area contributed by atoms with Gasteiger partial charge in [0.15, 0.2) is 5.78 Å². The Hall–Kier alpha value is -2.52. The fraction of sp³-hybridized carbons (Fsp3) is 0.429. The minimum atomic E-state index is -0.742. The average molecular weight is 476 g/mol. The number of ketones is 1. The molecule has 8 nitrogen and oxygen atoms in total. The van der Waals surface area contributed by atoms with Crippen molar-refractivity contribution < 1.29 is 24.3 Å². The summed E-state index contributed by atoms with van der Waals surface area (Å²) in [5.41, 5.74) is 1.62. The van der Waals surface area contributed by atoms with Crippen LogP contribution in [0.25, 0.3) is 10.9 Å². The van der Waals surface area contributed by atoms with Gasteiger partial charge in [-0.25, -0.2) is 4.79 Å². The first kappa shape index (κ1) is 20.7. The minimum absolute atomic E-state index is 0.0471. The molecule has 2 aromatic rings. The number of carbonyl (C=O) groups excluding carboxylic acids is 2. The average Bonchev–Trinajstić information content (AvgIpc) is 3.35. The Kier molecular flexibility index (Phi) is 6.29. The van der Waals surface area contributed by atoms with Gasteiger partial charge in [-0.1, -0.05) is 23.4 Å².